The van der Waals surface area contributed by atoms with E-state index in [1.54, 1.807) is 7.05 Å². The first kappa shape index (κ1) is 13.5. The summed E-state index contributed by atoms with van der Waals surface area (Å²) in [6, 6.07) is 0.335. The summed E-state index contributed by atoms with van der Waals surface area (Å²) >= 11 is 0. The van der Waals surface area contributed by atoms with Crippen LogP contribution in [0.15, 0.2) is 17.3 Å². The van der Waals surface area contributed by atoms with Crippen molar-refractivity contribution in [2.45, 2.75) is 30.7 Å². The number of aromatic amines is 1. The lowest BCUT2D eigenvalue weighted by Crippen LogP contribution is -2.41. The van der Waals surface area contributed by atoms with Crippen LogP contribution in [0.4, 0.5) is 0 Å². The number of H-pyrrole nitrogens is 1. The van der Waals surface area contributed by atoms with Crippen molar-refractivity contribution in [3.05, 3.63) is 12.4 Å². The lowest BCUT2D eigenvalue weighted by molar-refractivity contribution is 0.237. The molecule has 1 saturated heterocycles. The number of aromatic nitrogens is 2. The average molecular weight is 272 g/mol. The van der Waals surface area contributed by atoms with E-state index in [0.717, 1.165) is 25.9 Å². The molecule has 1 unspecified atom stereocenters. The van der Waals surface area contributed by atoms with Crippen molar-refractivity contribution in [1.82, 2.24) is 19.4 Å². The van der Waals surface area contributed by atoms with E-state index in [9.17, 15) is 8.42 Å². The van der Waals surface area contributed by atoms with Gasteiger partial charge in [-0.3, -0.25) is 10.00 Å². The highest BCUT2D eigenvalue weighted by atomic mass is 32.2. The molecule has 1 aliphatic rings. The first-order chi connectivity index (χ1) is 8.55. The van der Waals surface area contributed by atoms with Crippen LogP contribution < -0.4 is 0 Å². The molecule has 0 spiro atoms. The highest BCUT2D eigenvalue weighted by Crippen LogP contribution is 2.20. The van der Waals surface area contributed by atoms with Crippen LogP contribution in [-0.2, 0) is 10.0 Å². The second-order valence-electron chi connectivity index (χ2n) is 4.64. The van der Waals surface area contributed by atoms with Crippen molar-refractivity contribution in [3.63, 3.8) is 0 Å². The van der Waals surface area contributed by atoms with Gasteiger partial charge in [0.25, 0.3) is 0 Å². The van der Waals surface area contributed by atoms with Gasteiger partial charge in [0.15, 0.2) is 0 Å². The minimum absolute atomic E-state index is 0.228. The van der Waals surface area contributed by atoms with Gasteiger partial charge >= 0.3 is 0 Å². The Kier molecular flexibility index (Phi) is 4.04. The zero-order valence-electron chi connectivity index (χ0n) is 10.8. The van der Waals surface area contributed by atoms with Crippen molar-refractivity contribution >= 4 is 10.0 Å². The molecule has 0 aliphatic carbocycles. The fourth-order valence-corrected chi connectivity index (χ4v) is 3.59. The Bertz CT molecular complexity index is 471. The molecule has 0 amide bonds. The number of hydrogen-bond donors (Lipinski definition) is 1. The number of sulfonamides is 1. The number of likely N-dealkylation sites (tertiary alicyclic amines) is 1. The SMILES string of the molecule is CCN1CCCC1CN(C)S(=O)(=O)c1cn[nH]c1. The van der Waals surface area contributed by atoms with E-state index in [-0.39, 0.29) is 4.90 Å². The number of hydrogen-bond acceptors (Lipinski definition) is 4. The monoisotopic (exact) mass is 272 g/mol. The molecule has 1 fully saturated rings. The van der Waals surface area contributed by atoms with Gasteiger partial charge in [-0.1, -0.05) is 6.92 Å². The molecular weight excluding hydrogens is 252 g/mol. The van der Waals surface area contributed by atoms with Crippen LogP contribution in [0.3, 0.4) is 0 Å². The summed E-state index contributed by atoms with van der Waals surface area (Å²) in [4.78, 5) is 2.56. The number of nitrogens with zero attached hydrogens (tertiary/aromatic N) is 3. The third-order valence-electron chi connectivity index (χ3n) is 3.55. The molecule has 1 aromatic heterocycles. The largest absolute Gasteiger partial charge is 0.299 e. The molecule has 1 aromatic rings. The van der Waals surface area contributed by atoms with Gasteiger partial charge in [-0.15, -0.1) is 0 Å². The van der Waals surface area contributed by atoms with Crippen LogP contribution in [0.5, 0.6) is 0 Å². The Hall–Kier alpha value is -0.920. The highest BCUT2D eigenvalue weighted by Gasteiger charge is 2.29. The molecule has 7 heteroatoms. The van der Waals surface area contributed by atoms with E-state index in [2.05, 4.69) is 22.0 Å². The van der Waals surface area contributed by atoms with Gasteiger partial charge in [-0.05, 0) is 25.9 Å². The molecule has 2 heterocycles. The number of likely N-dealkylation sites (N-methyl/N-ethyl adjacent to an activating group) is 2. The first-order valence-corrected chi connectivity index (χ1v) is 7.69. The fraction of sp³-hybridized carbons (Fsp3) is 0.727. The molecule has 102 valence electrons. The van der Waals surface area contributed by atoms with E-state index in [1.807, 2.05) is 0 Å². The summed E-state index contributed by atoms with van der Waals surface area (Å²) in [5.74, 6) is 0. The standard InChI is InChI=1S/C11H20N4O2S/c1-3-15-6-4-5-10(15)9-14(2)18(16,17)11-7-12-13-8-11/h7-8,10H,3-6,9H2,1-2H3,(H,12,13). The van der Waals surface area contributed by atoms with E-state index in [4.69, 9.17) is 0 Å². The zero-order valence-corrected chi connectivity index (χ0v) is 11.7. The minimum atomic E-state index is -3.40. The topological polar surface area (TPSA) is 69.3 Å². The molecular formula is C11H20N4O2S. The average Bonchev–Trinajstić information content (AvgIpc) is 2.99. The Morgan fingerprint density at radius 2 is 2.39 bits per heavy atom. The van der Waals surface area contributed by atoms with E-state index >= 15 is 0 Å². The molecule has 18 heavy (non-hydrogen) atoms. The summed E-state index contributed by atoms with van der Waals surface area (Å²) in [6.45, 7) is 4.70. The summed E-state index contributed by atoms with van der Waals surface area (Å²) in [7, 11) is -1.77. The van der Waals surface area contributed by atoms with E-state index in [0.29, 0.717) is 12.6 Å². The Balaban J connectivity index is 2.06. The molecule has 2 rings (SSSR count). The van der Waals surface area contributed by atoms with Crippen LogP contribution in [0.2, 0.25) is 0 Å². The smallest absolute Gasteiger partial charge is 0.245 e. The molecule has 6 nitrogen and oxygen atoms in total. The number of rotatable bonds is 5. The first-order valence-electron chi connectivity index (χ1n) is 6.25. The van der Waals surface area contributed by atoms with E-state index in [1.165, 1.54) is 16.7 Å². The lowest BCUT2D eigenvalue weighted by Gasteiger charge is -2.26. The zero-order chi connectivity index (χ0) is 13.2. The van der Waals surface area contributed by atoms with Crippen molar-refractivity contribution in [1.29, 1.82) is 0 Å². The maximum atomic E-state index is 12.2. The Morgan fingerprint density at radius 3 is 3.00 bits per heavy atom. The van der Waals surface area contributed by atoms with Crippen LogP contribution >= 0.6 is 0 Å². The second-order valence-corrected chi connectivity index (χ2v) is 6.69. The van der Waals surface area contributed by atoms with E-state index < -0.39 is 10.0 Å². The lowest BCUT2D eigenvalue weighted by atomic mass is 10.2. The van der Waals surface area contributed by atoms with Crippen molar-refractivity contribution in [3.8, 4) is 0 Å². The summed E-state index contributed by atoms with van der Waals surface area (Å²) in [5.41, 5.74) is 0. The van der Waals surface area contributed by atoms with Crippen LogP contribution in [0.1, 0.15) is 19.8 Å². The van der Waals surface area contributed by atoms with Gasteiger partial charge in [0, 0.05) is 25.8 Å². The van der Waals surface area contributed by atoms with Gasteiger partial charge in [0.1, 0.15) is 4.90 Å². The normalized spacial score (nSPS) is 21.8. The van der Waals surface area contributed by atoms with Gasteiger partial charge in [0.05, 0.1) is 6.20 Å². The predicted octanol–water partition coefficient (Wildman–Crippen LogP) is 0.515. The van der Waals surface area contributed by atoms with Crippen LogP contribution in [0, 0.1) is 0 Å². The second kappa shape index (κ2) is 5.38. The third-order valence-corrected chi connectivity index (χ3v) is 5.34. The maximum Gasteiger partial charge on any atom is 0.245 e. The van der Waals surface area contributed by atoms with Gasteiger partial charge in [0.2, 0.25) is 10.0 Å². The van der Waals surface area contributed by atoms with Gasteiger partial charge in [-0.25, -0.2) is 8.42 Å². The van der Waals surface area contributed by atoms with Crippen molar-refractivity contribution < 1.29 is 8.42 Å². The van der Waals surface area contributed by atoms with Gasteiger partial charge in [-0.2, -0.15) is 9.40 Å². The molecule has 1 N–H and O–H groups in total. The van der Waals surface area contributed by atoms with Gasteiger partial charge < -0.3 is 0 Å². The molecule has 1 aliphatic heterocycles. The fourth-order valence-electron chi connectivity index (χ4n) is 2.47. The molecule has 1 atom stereocenters. The van der Waals surface area contributed by atoms with Crippen molar-refractivity contribution in [2.24, 2.45) is 0 Å². The quantitative estimate of drug-likeness (QED) is 0.848. The third kappa shape index (κ3) is 2.57. The predicted molar refractivity (Wildman–Crippen MR) is 68.7 cm³/mol. The molecule has 0 radical (unpaired) electrons. The van der Waals surface area contributed by atoms with Crippen molar-refractivity contribution in [2.75, 3.05) is 26.7 Å². The summed E-state index contributed by atoms with van der Waals surface area (Å²) in [6.07, 6.45) is 4.98. The molecule has 0 bridgehead atoms. The molecule has 0 aromatic carbocycles. The minimum Gasteiger partial charge on any atom is -0.299 e. The summed E-state index contributed by atoms with van der Waals surface area (Å²) < 4.78 is 25.9. The maximum absolute atomic E-state index is 12.2. The number of nitrogens with one attached hydrogen (secondary N) is 1. The summed E-state index contributed by atoms with van der Waals surface area (Å²) in [5, 5.41) is 6.23. The Labute approximate surface area is 108 Å². The van der Waals surface area contributed by atoms with Crippen LogP contribution in [0.25, 0.3) is 0 Å². The van der Waals surface area contributed by atoms with Crippen LogP contribution in [-0.4, -0.2) is 60.5 Å². The Morgan fingerprint density at radius 1 is 1.61 bits per heavy atom. The molecule has 0 saturated carbocycles. The highest BCUT2D eigenvalue weighted by molar-refractivity contribution is 7.89.